The van der Waals surface area contributed by atoms with Crippen LogP contribution in [0.4, 0.5) is 0 Å². The zero-order valence-electron chi connectivity index (χ0n) is 39.9. The smallest absolute Gasteiger partial charge is 0.305 e. The van der Waals surface area contributed by atoms with Gasteiger partial charge < -0.3 is 20.3 Å². The van der Waals surface area contributed by atoms with Crippen LogP contribution in [0.15, 0.2) is 36.5 Å². The molecule has 0 rings (SSSR count). The number of amides is 1. The Labute approximate surface area is 373 Å². The molecule has 0 aromatic carbocycles. The first kappa shape index (κ1) is 58.1. The maximum atomic E-state index is 12.4. The number of aliphatic hydroxyl groups excluding tert-OH is 2. The molecule has 3 N–H and O–H groups in total. The summed E-state index contributed by atoms with van der Waals surface area (Å²) in [4.78, 5) is 24.4. The lowest BCUT2D eigenvalue weighted by atomic mass is 10.0. The van der Waals surface area contributed by atoms with E-state index in [0.717, 1.165) is 83.5 Å². The number of aliphatic hydroxyl groups is 2. The molecule has 0 aliphatic heterocycles. The molecule has 0 saturated carbocycles. The molecule has 0 aromatic heterocycles. The summed E-state index contributed by atoms with van der Waals surface area (Å²) in [6.07, 6.45) is 60.0. The molecule has 0 fully saturated rings. The lowest BCUT2D eigenvalue weighted by molar-refractivity contribution is -0.143. The molecular weight excluding hydrogens is 743 g/mol. The van der Waals surface area contributed by atoms with E-state index in [0.29, 0.717) is 19.4 Å². The van der Waals surface area contributed by atoms with Crippen molar-refractivity contribution in [2.24, 2.45) is 0 Å². The van der Waals surface area contributed by atoms with Gasteiger partial charge in [0.15, 0.2) is 0 Å². The molecule has 0 heterocycles. The highest BCUT2D eigenvalue weighted by Gasteiger charge is 2.18. The summed E-state index contributed by atoms with van der Waals surface area (Å²) in [6.45, 7) is 4.85. The van der Waals surface area contributed by atoms with E-state index in [-0.39, 0.29) is 18.5 Å². The van der Waals surface area contributed by atoms with Crippen molar-refractivity contribution in [2.75, 3.05) is 13.2 Å². The normalized spacial score (nSPS) is 12.9. The van der Waals surface area contributed by atoms with Gasteiger partial charge in [-0.05, 0) is 70.6 Å². The van der Waals surface area contributed by atoms with Crippen LogP contribution in [-0.2, 0) is 14.3 Å². The van der Waals surface area contributed by atoms with E-state index in [9.17, 15) is 19.8 Å². The minimum Gasteiger partial charge on any atom is -0.466 e. The summed E-state index contributed by atoms with van der Waals surface area (Å²) in [5.41, 5.74) is 0. The number of nitrogens with one attached hydrogen (secondary N) is 1. The summed E-state index contributed by atoms with van der Waals surface area (Å²) in [5.74, 6) is -0.101. The minimum absolute atomic E-state index is 0.0173. The second-order valence-electron chi connectivity index (χ2n) is 17.9. The van der Waals surface area contributed by atoms with Crippen molar-refractivity contribution in [1.82, 2.24) is 5.32 Å². The lowest BCUT2D eigenvalue weighted by Gasteiger charge is -2.20. The van der Waals surface area contributed by atoms with Crippen LogP contribution in [-0.4, -0.2) is 47.4 Å². The van der Waals surface area contributed by atoms with E-state index in [2.05, 4.69) is 43.5 Å². The average molecular weight is 844 g/mol. The summed E-state index contributed by atoms with van der Waals surface area (Å²) in [6, 6.07) is -0.639. The molecule has 6 nitrogen and oxygen atoms in total. The molecule has 0 bridgehead atoms. The number of allylic oxidation sites excluding steroid dienone is 5. The van der Waals surface area contributed by atoms with Gasteiger partial charge >= 0.3 is 5.97 Å². The third-order valence-corrected chi connectivity index (χ3v) is 11.9. The molecule has 2 unspecified atom stereocenters. The van der Waals surface area contributed by atoms with E-state index < -0.39 is 12.1 Å². The van der Waals surface area contributed by atoms with Crippen LogP contribution in [0.3, 0.4) is 0 Å². The van der Waals surface area contributed by atoms with Gasteiger partial charge in [0.25, 0.3) is 0 Å². The molecule has 1 amide bonds. The van der Waals surface area contributed by atoms with Crippen LogP contribution in [0.25, 0.3) is 0 Å². The Kier molecular flexibility index (Phi) is 48.1. The first-order valence-corrected chi connectivity index (χ1v) is 26.3. The van der Waals surface area contributed by atoms with E-state index in [1.807, 2.05) is 6.08 Å². The number of ether oxygens (including phenoxy) is 1. The van der Waals surface area contributed by atoms with Crippen LogP contribution >= 0.6 is 0 Å². The van der Waals surface area contributed by atoms with Crippen molar-refractivity contribution < 1.29 is 24.5 Å². The lowest BCUT2D eigenvalue weighted by Crippen LogP contribution is -2.45. The van der Waals surface area contributed by atoms with Gasteiger partial charge in [-0.1, -0.05) is 224 Å². The standard InChI is InChI=1S/C54H101NO5/c1-3-5-7-9-11-13-15-16-20-23-27-30-34-38-42-46-52(57)51(50-56)55-53(58)47-43-39-35-31-28-24-21-18-17-19-22-25-29-33-37-41-45-49-60-54(59)48-44-40-36-32-26-14-12-10-8-6-4-2/h17,19,25,29,42,46,51-52,56-57H,3-16,18,20-24,26-28,30-41,43-45,47-50H2,1-2H3,(H,55,58)/b19-17-,29-25-,46-42+. The first-order valence-electron chi connectivity index (χ1n) is 26.3. The Bertz CT molecular complexity index is 977. The molecule has 6 heteroatoms. The third-order valence-electron chi connectivity index (χ3n) is 11.9. The molecule has 0 saturated heterocycles. The Morgan fingerprint density at radius 3 is 1.27 bits per heavy atom. The van der Waals surface area contributed by atoms with Crippen molar-refractivity contribution in [2.45, 2.75) is 283 Å². The van der Waals surface area contributed by atoms with Crippen LogP contribution in [0.2, 0.25) is 0 Å². The number of carbonyl (C=O) groups excluding carboxylic acids is 2. The maximum Gasteiger partial charge on any atom is 0.305 e. The molecule has 60 heavy (non-hydrogen) atoms. The quantitative estimate of drug-likeness (QED) is 0.0322. The van der Waals surface area contributed by atoms with Gasteiger partial charge in [0.1, 0.15) is 0 Å². The Morgan fingerprint density at radius 2 is 0.833 bits per heavy atom. The zero-order chi connectivity index (χ0) is 43.7. The summed E-state index contributed by atoms with van der Waals surface area (Å²) >= 11 is 0. The molecule has 0 aliphatic rings. The summed E-state index contributed by atoms with van der Waals surface area (Å²) < 4.78 is 5.43. The molecular formula is C54H101NO5. The van der Waals surface area contributed by atoms with E-state index in [1.54, 1.807) is 6.08 Å². The molecule has 0 aliphatic carbocycles. The Morgan fingerprint density at radius 1 is 0.467 bits per heavy atom. The average Bonchev–Trinajstić information content (AvgIpc) is 3.25. The fourth-order valence-corrected chi connectivity index (χ4v) is 7.84. The fourth-order valence-electron chi connectivity index (χ4n) is 7.84. The number of unbranched alkanes of at least 4 members (excludes halogenated alkanes) is 33. The SMILES string of the molecule is CCCCCCCCCCCCCCC/C=C/C(O)C(CO)NC(=O)CCCCCCCCC/C=C\C/C=C\CCCCCOC(=O)CCCCCCCCCCCCC. The van der Waals surface area contributed by atoms with Gasteiger partial charge in [-0.15, -0.1) is 0 Å². The van der Waals surface area contributed by atoms with Gasteiger partial charge in [0.05, 0.1) is 25.4 Å². The maximum absolute atomic E-state index is 12.4. The number of hydrogen-bond donors (Lipinski definition) is 3. The predicted molar refractivity (Wildman–Crippen MR) is 259 cm³/mol. The van der Waals surface area contributed by atoms with Crippen molar-refractivity contribution in [3.05, 3.63) is 36.5 Å². The van der Waals surface area contributed by atoms with E-state index in [4.69, 9.17) is 4.74 Å². The van der Waals surface area contributed by atoms with Crippen molar-refractivity contribution in [3.8, 4) is 0 Å². The second kappa shape index (κ2) is 49.7. The van der Waals surface area contributed by atoms with Crippen molar-refractivity contribution in [1.29, 1.82) is 0 Å². The van der Waals surface area contributed by atoms with Gasteiger partial charge in [-0.3, -0.25) is 9.59 Å². The number of rotatable bonds is 48. The van der Waals surface area contributed by atoms with Crippen LogP contribution < -0.4 is 5.32 Å². The third kappa shape index (κ3) is 45.6. The van der Waals surface area contributed by atoms with Crippen molar-refractivity contribution >= 4 is 11.9 Å². The van der Waals surface area contributed by atoms with Crippen LogP contribution in [0.5, 0.6) is 0 Å². The number of carbonyl (C=O) groups is 2. The van der Waals surface area contributed by atoms with E-state index in [1.165, 1.54) is 161 Å². The Balaban J connectivity index is 3.55. The van der Waals surface area contributed by atoms with Gasteiger partial charge in [0.2, 0.25) is 5.91 Å². The van der Waals surface area contributed by atoms with Gasteiger partial charge in [0, 0.05) is 12.8 Å². The van der Waals surface area contributed by atoms with Crippen LogP contribution in [0, 0.1) is 0 Å². The molecule has 0 radical (unpaired) electrons. The summed E-state index contributed by atoms with van der Waals surface area (Å²) in [5, 5.41) is 23.0. The van der Waals surface area contributed by atoms with E-state index >= 15 is 0 Å². The van der Waals surface area contributed by atoms with Crippen LogP contribution in [0.1, 0.15) is 271 Å². The van der Waals surface area contributed by atoms with Crippen molar-refractivity contribution in [3.63, 3.8) is 0 Å². The Hall–Kier alpha value is -1.92. The second-order valence-corrected chi connectivity index (χ2v) is 17.9. The molecule has 2 atom stereocenters. The topological polar surface area (TPSA) is 95.9 Å². The fraction of sp³-hybridized carbons (Fsp3) is 0.852. The minimum atomic E-state index is -0.854. The van der Waals surface area contributed by atoms with Gasteiger partial charge in [-0.25, -0.2) is 0 Å². The zero-order valence-corrected chi connectivity index (χ0v) is 39.9. The highest BCUT2D eigenvalue weighted by Crippen LogP contribution is 2.15. The highest BCUT2D eigenvalue weighted by molar-refractivity contribution is 5.76. The molecule has 0 aromatic rings. The largest absolute Gasteiger partial charge is 0.466 e. The monoisotopic (exact) mass is 844 g/mol. The summed E-state index contributed by atoms with van der Waals surface area (Å²) in [7, 11) is 0. The number of hydrogen-bond acceptors (Lipinski definition) is 5. The predicted octanol–water partition coefficient (Wildman–Crippen LogP) is 15.7. The molecule has 352 valence electrons. The van der Waals surface area contributed by atoms with Gasteiger partial charge in [-0.2, -0.15) is 0 Å². The molecule has 0 spiro atoms. The highest BCUT2D eigenvalue weighted by atomic mass is 16.5. The first-order chi connectivity index (χ1) is 29.5. The number of esters is 1.